The van der Waals surface area contributed by atoms with Crippen LogP contribution in [0.5, 0.6) is 11.5 Å². The van der Waals surface area contributed by atoms with E-state index in [0.29, 0.717) is 12.6 Å². The zero-order valence-corrected chi connectivity index (χ0v) is 21.7. The van der Waals surface area contributed by atoms with E-state index >= 15 is 0 Å². The minimum Gasteiger partial charge on any atom is -0.485 e. The van der Waals surface area contributed by atoms with Gasteiger partial charge in [0.05, 0.1) is 11.3 Å². The number of benzene rings is 2. The van der Waals surface area contributed by atoms with Crippen molar-refractivity contribution in [2.45, 2.75) is 68.8 Å². The fourth-order valence-electron chi connectivity index (χ4n) is 9.08. The Morgan fingerprint density at radius 3 is 2.73 bits per heavy atom. The molecular formula is C32H35NO4. The van der Waals surface area contributed by atoms with Gasteiger partial charge in [0.2, 0.25) is 0 Å². The first-order valence-corrected chi connectivity index (χ1v) is 14.0. The van der Waals surface area contributed by atoms with E-state index in [9.17, 15) is 4.79 Å². The van der Waals surface area contributed by atoms with Crippen molar-refractivity contribution in [3.8, 4) is 11.5 Å². The number of ketones is 1. The Morgan fingerprint density at radius 1 is 1.14 bits per heavy atom. The molecule has 2 aromatic carbocycles. The van der Waals surface area contributed by atoms with Crippen molar-refractivity contribution in [1.82, 2.24) is 4.90 Å². The Balaban J connectivity index is 1.30. The summed E-state index contributed by atoms with van der Waals surface area (Å²) in [5.41, 5.74) is 2.81. The highest BCUT2D eigenvalue weighted by atomic mass is 16.6. The van der Waals surface area contributed by atoms with Crippen molar-refractivity contribution in [3.05, 3.63) is 71.3 Å². The summed E-state index contributed by atoms with van der Waals surface area (Å²) in [5, 5.41) is 0. The molecule has 37 heavy (non-hydrogen) atoms. The third-order valence-electron chi connectivity index (χ3n) is 10.8. The van der Waals surface area contributed by atoms with E-state index in [1.165, 1.54) is 30.5 Å². The molecule has 2 saturated carbocycles. The molecule has 0 N–H and O–H groups in total. The van der Waals surface area contributed by atoms with Gasteiger partial charge in [-0.3, -0.25) is 9.69 Å². The van der Waals surface area contributed by atoms with Gasteiger partial charge in [-0.25, -0.2) is 0 Å². The fraction of sp³-hybridized carbons (Fsp3) is 0.531. The summed E-state index contributed by atoms with van der Waals surface area (Å²) in [5.74, 6) is 2.55. The Morgan fingerprint density at radius 2 is 1.97 bits per heavy atom. The maximum absolute atomic E-state index is 13.2. The standard InChI is InChI=1S/C32H35NO4/c1-20(34)24-17-30-12-13-32(24,35-2)29-31(30)14-15-33(18-21-8-9-21)26(30)16-23-10-11-25(28(37-29)27(23)31)36-19-22-6-4-3-5-7-22/h3-7,10-13,21,24,26,29H,8-9,14-19H2,1-2H3/t24-,26-,29-,30-,31+,32-/m0/s1. The average molecular weight is 498 g/mol. The molecule has 0 radical (unpaired) electrons. The van der Waals surface area contributed by atoms with Crippen LogP contribution < -0.4 is 9.47 Å². The highest BCUT2D eigenvalue weighted by molar-refractivity contribution is 5.82. The summed E-state index contributed by atoms with van der Waals surface area (Å²) in [4.78, 5) is 16.0. The van der Waals surface area contributed by atoms with Crippen LogP contribution in [0.4, 0.5) is 0 Å². The summed E-state index contributed by atoms with van der Waals surface area (Å²) >= 11 is 0. The van der Waals surface area contributed by atoms with Crippen LogP contribution in [0.1, 0.15) is 49.3 Å². The van der Waals surface area contributed by atoms with Crippen LogP contribution >= 0.6 is 0 Å². The predicted octanol–water partition coefficient (Wildman–Crippen LogP) is 4.86. The number of rotatable bonds is 7. The quantitative estimate of drug-likeness (QED) is 0.512. The first-order valence-electron chi connectivity index (χ1n) is 14.0. The van der Waals surface area contributed by atoms with E-state index in [1.54, 1.807) is 14.0 Å². The highest BCUT2D eigenvalue weighted by Crippen LogP contribution is 2.74. The maximum Gasteiger partial charge on any atom is 0.166 e. The van der Waals surface area contributed by atoms with Crippen molar-refractivity contribution in [2.75, 3.05) is 20.2 Å². The highest BCUT2D eigenvalue weighted by Gasteiger charge is 2.79. The fourth-order valence-corrected chi connectivity index (χ4v) is 9.08. The zero-order chi connectivity index (χ0) is 25.0. The monoisotopic (exact) mass is 497 g/mol. The Kier molecular flexibility index (Phi) is 4.52. The molecule has 2 aromatic rings. The minimum atomic E-state index is -0.749. The second kappa shape index (κ2) is 7.48. The van der Waals surface area contributed by atoms with Crippen LogP contribution in [0.15, 0.2) is 54.6 Å². The van der Waals surface area contributed by atoms with Crippen LogP contribution in [-0.2, 0) is 28.0 Å². The predicted molar refractivity (Wildman–Crippen MR) is 140 cm³/mol. The SMILES string of the molecule is CO[C@@]12C=C[C@]3(C[C@H]1C(C)=O)[C@@H]1Cc4ccc(OCc5ccccc5)c5c4[C@]3(CCN1CC1CC1)[C@@H]2O5. The molecule has 3 fully saturated rings. The van der Waals surface area contributed by atoms with Crippen LogP contribution in [0.2, 0.25) is 0 Å². The number of likely N-dealkylation sites (tertiary alicyclic amines) is 1. The number of carbonyl (C=O) groups excluding carboxylic acids is 1. The average Bonchev–Trinajstić information content (AvgIpc) is 3.66. The van der Waals surface area contributed by atoms with Gasteiger partial charge >= 0.3 is 0 Å². The van der Waals surface area contributed by atoms with Gasteiger partial charge < -0.3 is 14.2 Å². The second-order valence-corrected chi connectivity index (χ2v) is 12.4. The van der Waals surface area contributed by atoms with E-state index in [2.05, 4.69) is 41.3 Å². The molecule has 2 heterocycles. The minimum absolute atomic E-state index is 0.127. The molecule has 6 atom stereocenters. The van der Waals surface area contributed by atoms with Gasteiger partial charge in [0.25, 0.3) is 0 Å². The number of hydrogen-bond donors (Lipinski definition) is 0. The topological polar surface area (TPSA) is 48.0 Å². The van der Waals surface area contributed by atoms with Crippen LogP contribution in [0.25, 0.3) is 0 Å². The lowest BCUT2D eigenvalue weighted by Crippen LogP contribution is -2.79. The number of carbonyl (C=O) groups is 1. The van der Waals surface area contributed by atoms with Crippen molar-refractivity contribution >= 4 is 5.78 Å². The molecule has 5 aliphatic carbocycles. The first kappa shape index (κ1) is 22.4. The summed E-state index contributed by atoms with van der Waals surface area (Å²) in [6, 6.07) is 15.1. The molecule has 192 valence electrons. The third-order valence-corrected chi connectivity index (χ3v) is 10.8. The molecule has 0 aromatic heterocycles. The molecule has 9 rings (SSSR count). The second-order valence-electron chi connectivity index (χ2n) is 12.4. The molecule has 7 aliphatic rings. The van der Waals surface area contributed by atoms with E-state index in [1.807, 2.05) is 18.2 Å². The molecule has 2 aliphatic heterocycles. The molecule has 5 heteroatoms. The first-order chi connectivity index (χ1) is 18.0. The maximum atomic E-state index is 13.2. The Bertz CT molecular complexity index is 1320. The lowest BCUT2D eigenvalue weighted by molar-refractivity contribution is -0.214. The van der Waals surface area contributed by atoms with E-state index in [0.717, 1.165) is 48.8 Å². The van der Waals surface area contributed by atoms with Crippen LogP contribution in [0.3, 0.4) is 0 Å². The molecule has 5 nitrogen and oxygen atoms in total. The number of nitrogens with zero attached hydrogens (tertiary/aromatic N) is 1. The molecule has 2 spiro atoms. The number of ether oxygens (including phenoxy) is 3. The van der Waals surface area contributed by atoms with Crippen molar-refractivity contribution in [2.24, 2.45) is 17.3 Å². The number of hydrogen-bond acceptors (Lipinski definition) is 5. The van der Waals surface area contributed by atoms with Crippen molar-refractivity contribution < 1.29 is 19.0 Å². The number of piperidine rings is 1. The van der Waals surface area contributed by atoms with Crippen LogP contribution in [0, 0.1) is 17.3 Å². The summed E-state index contributed by atoms with van der Waals surface area (Å²) in [6.07, 6.45) is 10.0. The lowest BCUT2D eigenvalue weighted by atomic mass is 9.37. The summed E-state index contributed by atoms with van der Waals surface area (Å²) < 4.78 is 19.9. The number of Topliss-reactive ketones (excluding diaryl/α,β-unsaturated/α-hetero) is 1. The van der Waals surface area contributed by atoms with Gasteiger partial charge in [-0.1, -0.05) is 48.6 Å². The van der Waals surface area contributed by atoms with Crippen molar-refractivity contribution in [3.63, 3.8) is 0 Å². The van der Waals surface area contributed by atoms with Crippen LogP contribution in [-0.4, -0.2) is 48.6 Å². The molecule has 0 unspecified atom stereocenters. The number of fused-ring (bicyclic) bond motifs is 1. The molecular weight excluding hydrogens is 462 g/mol. The summed E-state index contributed by atoms with van der Waals surface area (Å²) in [7, 11) is 1.76. The Labute approximate surface area is 218 Å². The van der Waals surface area contributed by atoms with Gasteiger partial charge in [0.15, 0.2) is 11.5 Å². The molecule has 1 saturated heterocycles. The van der Waals surface area contributed by atoms with E-state index in [-0.39, 0.29) is 28.6 Å². The van der Waals surface area contributed by atoms with Gasteiger partial charge in [-0.05, 0) is 68.7 Å². The third kappa shape index (κ3) is 2.70. The van der Waals surface area contributed by atoms with Gasteiger partial charge in [0.1, 0.15) is 24.1 Å². The van der Waals surface area contributed by atoms with Crippen molar-refractivity contribution in [1.29, 1.82) is 0 Å². The molecule has 0 amide bonds. The van der Waals surface area contributed by atoms with Gasteiger partial charge in [-0.2, -0.15) is 0 Å². The van der Waals surface area contributed by atoms with E-state index < -0.39 is 5.60 Å². The Hall–Kier alpha value is -2.63. The summed E-state index contributed by atoms with van der Waals surface area (Å²) in [6.45, 7) is 4.50. The molecule has 4 bridgehead atoms. The number of methoxy groups -OCH3 is 1. The van der Waals surface area contributed by atoms with E-state index in [4.69, 9.17) is 14.2 Å². The van der Waals surface area contributed by atoms with Gasteiger partial charge in [-0.15, -0.1) is 0 Å². The smallest absolute Gasteiger partial charge is 0.166 e. The lowest BCUT2D eigenvalue weighted by Gasteiger charge is -2.71. The normalized spacial score (nSPS) is 38.3. The van der Waals surface area contributed by atoms with Gasteiger partial charge in [0, 0.05) is 30.7 Å². The largest absolute Gasteiger partial charge is 0.485 e. The zero-order valence-electron chi connectivity index (χ0n) is 21.7.